The van der Waals surface area contributed by atoms with E-state index in [0.717, 1.165) is 0 Å². The molecular formula is C20H20N2O10. The zero-order valence-electron chi connectivity index (χ0n) is 16.6. The van der Waals surface area contributed by atoms with Crippen LogP contribution in [-0.4, -0.2) is 57.7 Å². The first kappa shape index (κ1) is 22.2. The summed E-state index contributed by atoms with van der Waals surface area (Å²) in [5.74, 6) is 0. The Balaban J connectivity index is 1.60. The fourth-order valence-electron chi connectivity index (χ4n) is 3.66. The number of nitro groups is 2. The number of ether oxygens (including phenoxy) is 4. The van der Waals surface area contributed by atoms with Crippen molar-refractivity contribution in [1.29, 1.82) is 0 Å². The predicted molar refractivity (Wildman–Crippen MR) is 105 cm³/mol. The van der Waals surface area contributed by atoms with Gasteiger partial charge in [-0.15, -0.1) is 0 Å². The van der Waals surface area contributed by atoms with Crippen LogP contribution >= 0.6 is 0 Å². The SMILES string of the molecule is O=[N+]([O-])c1cccc(C2O[C@H]3[C@H](O)[C@H](COC(c4cccc([N+](=O)[O-])c4)O[C@@H]3CO)O2)c1. The van der Waals surface area contributed by atoms with Gasteiger partial charge in [0, 0.05) is 35.4 Å². The summed E-state index contributed by atoms with van der Waals surface area (Å²) in [5, 5.41) is 42.7. The molecule has 170 valence electrons. The Morgan fingerprint density at radius 3 is 2.06 bits per heavy atom. The molecule has 0 amide bonds. The third kappa shape index (κ3) is 4.46. The molecule has 2 aromatic rings. The maximum atomic E-state index is 11.1. The molecule has 2 aliphatic rings. The van der Waals surface area contributed by atoms with E-state index >= 15 is 0 Å². The van der Waals surface area contributed by atoms with Crippen LogP contribution in [0.15, 0.2) is 48.5 Å². The Kier molecular flexibility index (Phi) is 6.41. The lowest BCUT2D eigenvalue weighted by Crippen LogP contribution is -2.57. The minimum absolute atomic E-state index is 0.155. The van der Waals surface area contributed by atoms with Crippen molar-refractivity contribution in [2.75, 3.05) is 13.2 Å². The van der Waals surface area contributed by atoms with Crippen molar-refractivity contribution >= 4 is 11.4 Å². The predicted octanol–water partition coefficient (Wildman–Crippen LogP) is 1.75. The number of hydrogen-bond donors (Lipinski definition) is 2. The molecular weight excluding hydrogens is 428 g/mol. The summed E-state index contributed by atoms with van der Waals surface area (Å²) >= 11 is 0. The van der Waals surface area contributed by atoms with Crippen LogP contribution in [0.4, 0.5) is 11.4 Å². The summed E-state index contributed by atoms with van der Waals surface area (Å²) in [6, 6.07) is 11.4. The number of aliphatic hydroxyl groups excluding tert-OH is 2. The molecule has 2 saturated heterocycles. The van der Waals surface area contributed by atoms with Crippen molar-refractivity contribution in [3.63, 3.8) is 0 Å². The molecule has 0 aliphatic carbocycles. The van der Waals surface area contributed by atoms with Crippen molar-refractivity contribution in [1.82, 2.24) is 0 Å². The number of hydrogen-bond acceptors (Lipinski definition) is 10. The smallest absolute Gasteiger partial charge is 0.269 e. The molecule has 4 rings (SSSR count). The van der Waals surface area contributed by atoms with Crippen LogP contribution in [-0.2, 0) is 18.9 Å². The summed E-state index contributed by atoms with van der Waals surface area (Å²) in [5.41, 5.74) is 0.393. The van der Waals surface area contributed by atoms with Gasteiger partial charge in [-0.2, -0.15) is 0 Å². The third-order valence-corrected chi connectivity index (χ3v) is 5.26. The maximum absolute atomic E-state index is 11.1. The van der Waals surface area contributed by atoms with Crippen LogP contribution in [0.25, 0.3) is 0 Å². The van der Waals surface area contributed by atoms with E-state index in [9.17, 15) is 30.4 Å². The highest BCUT2D eigenvalue weighted by Crippen LogP contribution is 2.37. The normalized spacial score (nSPS) is 30.2. The maximum Gasteiger partial charge on any atom is 0.269 e. The van der Waals surface area contributed by atoms with Gasteiger partial charge in [0.1, 0.15) is 24.4 Å². The van der Waals surface area contributed by atoms with Gasteiger partial charge in [0.05, 0.1) is 23.1 Å². The second-order valence-electron chi connectivity index (χ2n) is 7.32. The summed E-state index contributed by atoms with van der Waals surface area (Å²) in [6.07, 6.45) is -6.38. The second kappa shape index (κ2) is 9.24. The number of nitro benzene ring substituents is 2. The van der Waals surface area contributed by atoms with E-state index in [2.05, 4.69) is 0 Å². The van der Waals surface area contributed by atoms with Crippen LogP contribution in [0.1, 0.15) is 23.7 Å². The molecule has 0 aromatic heterocycles. The van der Waals surface area contributed by atoms with E-state index in [-0.39, 0.29) is 18.0 Å². The fourth-order valence-corrected chi connectivity index (χ4v) is 3.66. The van der Waals surface area contributed by atoms with Crippen LogP contribution in [0.3, 0.4) is 0 Å². The highest BCUT2D eigenvalue weighted by Gasteiger charge is 2.46. The lowest BCUT2D eigenvalue weighted by atomic mass is 10.00. The van der Waals surface area contributed by atoms with Gasteiger partial charge in [-0.05, 0) is 0 Å². The molecule has 2 fully saturated rings. The highest BCUT2D eigenvalue weighted by molar-refractivity contribution is 5.36. The molecule has 2 bridgehead atoms. The van der Waals surface area contributed by atoms with E-state index in [1.165, 1.54) is 36.4 Å². The van der Waals surface area contributed by atoms with Crippen molar-refractivity contribution in [2.45, 2.75) is 37.0 Å². The molecule has 0 radical (unpaired) electrons. The van der Waals surface area contributed by atoms with Crippen molar-refractivity contribution in [3.8, 4) is 0 Å². The lowest BCUT2D eigenvalue weighted by molar-refractivity contribution is -0.385. The van der Waals surface area contributed by atoms with Crippen molar-refractivity contribution in [3.05, 3.63) is 79.9 Å². The Morgan fingerprint density at radius 2 is 1.50 bits per heavy atom. The number of fused-ring (bicyclic) bond motifs is 2. The number of benzene rings is 2. The molecule has 0 spiro atoms. The Morgan fingerprint density at radius 1 is 0.906 bits per heavy atom. The first-order chi connectivity index (χ1) is 15.4. The summed E-state index contributed by atoms with van der Waals surface area (Å²) < 4.78 is 23.2. The van der Waals surface area contributed by atoms with Crippen LogP contribution < -0.4 is 0 Å². The zero-order valence-corrected chi connectivity index (χ0v) is 16.6. The van der Waals surface area contributed by atoms with E-state index in [0.29, 0.717) is 11.1 Å². The first-order valence-electron chi connectivity index (χ1n) is 9.73. The fraction of sp³-hybridized carbons (Fsp3) is 0.400. The number of rotatable bonds is 5. The third-order valence-electron chi connectivity index (χ3n) is 5.26. The summed E-state index contributed by atoms with van der Waals surface area (Å²) in [7, 11) is 0. The molecule has 2 N–H and O–H groups in total. The van der Waals surface area contributed by atoms with Crippen LogP contribution in [0.2, 0.25) is 0 Å². The highest BCUT2D eigenvalue weighted by atomic mass is 16.8. The Hall–Kier alpha value is -3.00. The minimum atomic E-state index is -1.21. The molecule has 2 aromatic carbocycles. The van der Waals surface area contributed by atoms with Gasteiger partial charge in [-0.1, -0.05) is 24.3 Å². The zero-order chi connectivity index (χ0) is 22.8. The van der Waals surface area contributed by atoms with E-state index in [4.69, 9.17) is 18.9 Å². The van der Waals surface area contributed by atoms with Gasteiger partial charge in [0.2, 0.25) is 0 Å². The molecule has 2 heterocycles. The molecule has 12 nitrogen and oxygen atoms in total. The summed E-state index contributed by atoms with van der Waals surface area (Å²) in [6.45, 7) is -0.706. The van der Waals surface area contributed by atoms with Gasteiger partial charge in [-0.3, -0.25) is 20.2 Å². The molecule has 12 heteroatoms. The topological polar surface area (TPSA) is 164 Å². The average molecular weight is 448 g/mol. The number of non-ortho nitro benzene ring substituents is 2. The first-order valence-corrected chi connectivity index (χ1v) is 9.73. The van der Waals surface area contributed by atoms with Gasteiger partial charge in [0.25, 0.3) is 11.4 Å². The molecule has 2 unspecified atom stereocenters. The second-order valence-corrected chi connectivity index (χ2v) is 7.32. The van der Waals surface area contributed by atoms with Gasteiger partial charge >= 0.3 is 0 Å². The summed E-state index contributed by atoms with van der Waals surface area (Å²) in [4.78, 5) is 21.1. The Bertz CT molecular complexity index is 944. The Labute approximate surface area is 181 Å². The molecule has 0 saturated carbocycles. The van der Waals surface area contributed by atoms with Gasteiger partial charge in [0.15, 0.2) is 12.6 Å². The van der Waals surface area contributed by atoms with E-state index < -0.39 is 53.4 Å². The average Bonchev–Trinajstić information content (AvgIpc) is 2.80. The standard InChI is InChI=1S/C20H20N2O10/c23-9-15-18-17(24)16(31-20(32-18)12-4-2-6-14(8-12)22(27)28)10-29-19(30-15)11-3-1-5-13(7-11)21(25)26/h1-8,15-20,23-24H,9-10H2/t15-,16+,17-,18-,19?,20?/m1/s1. The van der Waals surface area contributed by atoms with E-state index in [1.54, 1.807) is 12.1 Å². The minimum Gasteiger partial charge on any atom is -0.394 e. The van der Waals surface area contributed by atoms with Crippen LogP contribution in [0.5, 0.6) is 0 Å². The lowest BCUT2D eigenvalue weighted by Gasteiger charge is -2.45. The molecule has 2 aliphatic heterocycles. The van der Waals surface area contributed by atoms with Crippen molar-refractivity contribution in [2.24, 2.45) is 0 Å². The largest absolute Gasteiger partial charge is 0.394 e. The van der Waals surface area contributed by atoms with Gasteiger partial charge in [-0.25, -0.2) is 0 Å². The number of nitrogens with zero attached hydrogens (tertiary/aromatic N) is 2. The number of aliphatic hydroxyl groups is 2. The quantitative estimate of drug-likeness (QED) is 0.509. The van der Waals surface area contributed by atoms with Gasteiger partial charge < -0.3 is 29.2 Å². The monoisotopic (exact) mass is 448 g/mol. The molecule has 32 heavy (non-hydrogen) atoms. The van der Waals surface area contributed by atoms with Crippen LogP contribution in [0, 0.1) is 20.2 Å². The molecule has 6 atom stereocenters. The van der Waals surface area contributed by atoms with Crippen molar-refractivity contribution < 1.29 is 39.0 Å². The van der Waals surface area contributed by atoms with E-state index in [1.807, 2.05) is 0 Å².